The van der Waals surface area contributed by atoms with Crippen molar-refractivity contribution in [3.8, 4) is 11.5 Å². The SMILES string of the molecule is COc1c(CC=C(C)C)cc2ccc(=O)oc2c1OCC=C(C)C. The van der Waals surface area contributed by atoms with Crippen LogP contribution in [0.1, 0.15) is 33.3 Å². The average molecular weight is 328 g/mol. The minimum absolute atomic E-state index is 0.387. The Morgan fingerprint density at radius 1 is 1.08 bits per heavy atom. The maximum absolute atomic E-state index is 11.6. The Balaban J connectivity index is 2.62. The van der Waals surface area contributed by atoms with E-state index in [9.17, 15) is 4.79 Å². The van der Waals surface area contributed by atoms with Gasteiger partial charge in [0, 0.05) is 17.0 Å². The Labute approximate surface area is 142 Å². The molecule has 128 valence electrons. The molecule has 0 spiro atoms. The number of rotatable bonds is 6. The van der Waals surface area contributed by atoms with Gasteiger partial charge in [0.1, 0.15) is 6.61 Å². The van der Waals surface area contributed by atoms with Crippen molar-refractivity contribution >= 4 is 11.0 Å². The summed E-state index contributed by atoms with van der Waals surface area (Å²) < 4.78 is 16.9. The second-order valence-corrected chi connectivity index (χ2v) is 6.15. The van der Waals surface area contributed by atoms with Crippen LogP contribution in [0.3, 0.4) is 0 Å². The maximum Gasteiger partial charge on any atom is 0.336 e. The zero-order valence-electron chi connectivity index (χ0n) is 14.9. The molecule has 0 radical (unpaired) electrons. The van der Waals surface area contributed by atoms with E-state index in [-0.39, 0.29) is 0 Å². The minimum Gasteiger partial charge on any atom is -0.492 e. The molecular weight excluding hydrogens is 304 g/mol. The van der Waals surface area contributed by atoms with Crippen LogP contribution in [0.2, 0.25) is 0 Å². The smallest absolute Gasteiger partial charge is 0.336 e. The van der Waals surface area contributed by atoms with Crippen LogP contribution in [-0.2, 0) is 6.42 Å². The number of allylic oxidation sites excluding steroid dienone is 3. The van der Waals surface area contributed by atoms with E-state index >= 15 is 0 Å². The molecule has 0 fully saturated rings. The monoisotopic (exact) mass is 328 g/mol. The molecular formula is C20H24O4. The molecule has 24 heavy (non-hydrogen) atoms. The predicted octanol–water partition coefficient (Wildman–Crippen LogP) is 4.66. The highest BCUT2D eigenvalue weighted by atomic mass is 16.5. The highest BCUT2D eigenvalue weighted by Crippen LogP contribution is 2.39. The summed E-state index contributed by atoms with van der Waals surface area (Å²) in [5.41, 5.74) is 3.38. The van der Waals surface area contributed by atoms with E-state index in [4.69, 9.17) is 13.9 Å². The Morgan fingerprint density at radius 3 is 2.42 bits per heavy atom. The summed E-state index contributed by atoms with van der Waals surface area (Å²) in [6.07, 6.45) is 4.82. The highest BCUT2D eigenvalue weighted by Gasteiger charge is 2.17. The first-order valence-corrected chi connectivity index (χ1v) is 7.95. The Morgan fingerprint density at radius 2 is 1.79 bits per heavy atom. The van der Waals surface area contributed by atoms with Crippen molar-refractivity contribution < 1.29 is 13.9 Å². The zero-order valence-corrected chi connectivity index (χ0v) is 14.9. The summed E-state index contributed by atoms with van der Waals surface area (Å²) in [6.45, 7) is 8.50. The number of hydrogen-bond donors (Lipinski definition) is 0. The predicted molar refractivity (Wildman–Crippen MR) is 97.1 cm³/mol. The summed E-state index contributed by atoms with van der Waals surface area (Å²) >= 11 is 0. The van der Waals surface area contributed by atoms with Gasteiger partial charge in [-0.05, 0) is 52.3 Å². The molecule has 0 aliphatic carbocycles. The van der Waals surface area contributed by atoms with Crippen LogP contribution >= 0.6 is 0 Å². The van der Waals surface area contributed by atoms with Gasteiger partial charge in [-0.15, -0.1) is 0 Å². The van der Waals surface area contributed by atoms with Crippen LogP contribution in [-0.4, -0.2) is 13.7 Å². The van der Waals surface area contributed by atoms with Crippen molar-refractivity contribution in [3.05, 3.63) is 57.5 Å². The van der Waals surface area contributed by atoms with Gasteiger partial charge in [-0.2, -0.15) is 0 Å². The van der Waals surface area contributed by atoms with E-state index in [0.29, 0.717) is 23.7 Å². The summed E-state index contributed by atoms with van der Waals surface area (Å²) in [4.78, 5) is 11.6. The molecule has 1 heterocycles. The van der Waals surface area contributed by atoms with Crippen LogP contribution in [0.5, 0.6) is 11.5 Å². The van der Waals surface area contributed by atoms with Gasteiger partial charge in [-0.1, -0.05) is 17.2 Å². The standard InChI is InChI=1S/C20H24O4/c1-13(2)6-7-15-12-16-8-9-17(21)24-19(16)20(18(15)22-5)23-11-10-14(3)4/h6,8-10,12H,7,11H2,1-5H3. The fourth-order valence-corrected chi connectivity index (χ4v) is 2.33. The fraction of sp³-hybridized carbons (Fsp3) is 0.350. The third-order valence-corrected chi connectivity index (χ3v) is 3.55. The quantitative estimate of drug-likeness (QED) is 0.572. The number of fused-ring (bicyclic) bond motifs is 1. The first-order chi connectivity index (χ1) is 11.4. The van der Waals surface area contributed by atoms with Crippen molar-refractivity contribution in [3.63, 3.8) is 0 Å². The van der Waals surface area contributed by atoms with Crippen LogP contribution in [0.15, 0.2) is 50.7 Å². The van der Waals surface area contributed by atoms with Gasteiger partial charge >= 0.3 is 5.63 Å². The maximum atomic E-state index is 11.6. The molecule has 0 saturated carbocycles. The highest BCUT2D eigenvalue weighted by molar-refractivity contribution is 5.86. The molecule has 0 saturated heterocycles. The molecule has 0 amide bonds. The van der Waals surface area contributed by atoms with Crippen LogP contribution in [0.4, 0.5) is 0 Å². The topological polar surface area (TPSA) is 48.7 Å². The molecule has 4 heteroatoms. The van der Waals surface area contributed by atoms with Gasteiger partial charge < -0.3 is 13.9 Å². The molecule has 2 aromatic rings. The lowest BCUT2D eigenvalue weighted by Gasteiger charge is -2.15. The van der Waals surface area contributed by atoms with Crippen LogP contribution < -0.4 is 15.1 Å². The number of hydrogen-bond acceptors (Lipinski definition) is 4. The molecule has 4 nitrogen and oxygen atoms in total. The Kier molecular flexibility index (Phi) is 5.85. The molecule has 0 unspecified atom stereocenters. The minimum atomic E-state index is -0.409. The largest absolute Gasteiger partial charge is 0.492 e. The van der Waals surface area contributed by atoms with E-state index in [1.54, 1.807) is 13.2 Å². The third-order valence-electron chi connectivity index (χ3n) is 3.55. The fourth-order valence-electron chi connectivity index (χ4n) is 2.33. The van der Waals surface area contributed by atoms with Crippen molar-refractivity contribution in [2.24, 2.45) is 0 Å². The zero-order chi connectivity index (χ0) is 17.7. The molecule has 0 bridgehead atoms. The first kappa shape index (κ1) is 17.9. The van der Waals surface area contributed by atoms with Crippen LogP contribution in [0.25, 0.3) is 11.0 Å². The van der Waals surface area contributed by atoms with Crippen LogP contribution in [0, 0.1) is 0 Å². The average Bonchev–Trinajstić information content (AvgIpc) is 2.52. The molecule has 0 aliphatic heterocycles. The first-order valence-electron chi connectivity index (χ1n) is 7.95. The molecule has 0 N–H and O–H groups in total. The van der Waals surface area contributed by atoms with Gasteiger partial charge in [0.05, 0.1) is 7.11 Å². The van der Waals surface area contributed by atoms with Crippen molar-refractivity contribution in [1.82, 2.24) is 0 Å². The van der Waals surface area contributed by atoms with Crippen molar-refractivity contribution in [2.75, 3.05) is 13.7 Å². The molecule has 2 rings (SSSR count). The third kappa shape index (κ3) is 4.28. The van der Waals surface area contributed by atoms with Gasteiger partial charge in [0.15, 0.2) is 11.3 Å². The van der Waals surface area contributed by atoms with Crippen molar-refractivity contribution in [1.29, 1.82) is 0 Å². The van der Waals surface area contributed by atoms with E-state index in [1.807, 2.05) is 26.0 Å². The van der Waals surface area contributed by atoms with E-state index in [0.717, 1.165) is 22.9 Å². The molecule has 1 aromatic carbocycles. The van der Waals surface area contributed by atoms with Crippen molar-refractivity contribution in [2.45, 2.75) is 34.1 Å². The molecule has 0 atom stereocenters. The Hall–Kier alpha value is -2.49. The lowest BCUT2D eigenvalue weighted by molar-refractivity contribution is 0.321. The summed E-state index contributed by atoms with van der Waals surface area (Å²) in [6, 6.07) is 5.14. The number of benzene rings is 1. The van der Waals surface area contributed by atoms with E-state index in [2.05, 4.69) is 19.9 Å². The normalized spacial score (nSPS) is 10.4. The summed E-state index contributed by atoms with van der Waals surface area (Å²) in [5, 5.41) is 0.819. The van der Waals surface area contributed by atoms with E-state index in [1.165, 1.54) is 11.6 Å². The summed E-state index contributed by atoms with van der Waals surface area (Å²) in [7, 11) is 1.60. The second-order valence-electron chi connectivity index (χ2n) is 6.15. The van der Waals surface area contributed by atoms with Gasteiger partial charge in [-0.25, -0.2) is 4.79 Å². The second kappa shape index (κ2) is 7.86. The van der Waals surface area contributed by atoms with Gasteiger partial charge in [-0.3, -0.25) is 0 Å². The van der Waals surface area contributed by atoms with Gasteiger partial charge in [0.2, 0.25) is 5.75 Å². The molecule has 0 aliphatic rings. The number of ether oxygens (including phenoxy) is 2. The van der Waals surface area contributed by atoms with Gasteiger partial charge in [0.25, 0.3) is 0 Å². The summed E-state index contributed by atoms with van der Waals surface area (Å²) in [5.74, 6) is 1.08. The lowest BCUT2D eigenvalue weighted by atomic mass is 10.0. The lowest BCUT2D eigenvalue weighted by Crippen LogP contribution is -2.03. The number of methoxy groups -OCH3 is 1. The Bertz CT molecular complexity index is 833. The molecule has 1 aromatic heterocycles. The van der Waals surface area contributed by atoms with E-state index < -0.39 is 5.63 Å².